The van der Waals surface area contributed by atoms with Gasteiger partial charge in [-0.15, -0.1) is 5.10 Å². The summed E-state index contributed by atoms with van der Waals surface area (Å²) in [7, 11) is 0. The molecule has 134 valence electrons. The van der Waals surface area contributed by atoms with Gasteiger partial charge in [-0.2, -0.15) is 0 Å². The zero-order chi connectivity index (χ0) is 17.8. The number of aromatic nitrogens is 3. The molecule has 3 N–H and O–H groups in total. The van der Waals surface area contributed by atoms with Crippen molar-refractivity contribution in [2.24, 2.45) is 11.7 Å². The van der Waals surface area contributed by atoms with Crippen molar-refractivity contribution in [3.05, 3.63) is 40.9 Å². The molecule has 3 rings (SSSR count). The highest BCUT2D eigenvalue weighted by atomic mass is 35.5. The molecule has 0 radical (unpaired) electrons. The maximum atomic E-state index is 12.6. The molecule has 2 aromatic rings. The summed E-state index contributed by atoms with van der Waals surface area (Å²) in [6.45, 7) is 2.66. The third-order valence-corrected chi connectivity index (χ3v) is 5.03. The summed E-state index contributed by atoms with van der Waals surface area (Å²) in [6.07, 6.45) is 4.74. The maximum absolute atomic E-state index is 12.6. The van der Waals surface area contributed by atoms with Crippen LogP contribution in [-0.4, -0.2) is 33.3 Å². The molecule has 7 heteroatoms. The van der Waals surface area contributed by atoms with E-state index >= 15 is 0 Å². The average Bonchev–Trinajstić information content (AvgIpc) is 3.22. The number of aryl methyl sites for hydroxylation is 1. The van der Waals surface area contributed by atoms with Crippen LogP contribution >= 0.6 is 11.6 Å². The maximum Gasteiger partial charge on any atom is 0.291 e. The number of carbonyl (C=O) groups is 1. The summed E-state index contributed by atoms with van der Waals surface area (Å²) in [5, 5.41) is 8.06. The number of hydrogen-bond donors (Lipinski definition) is 2. The minimum Gasteiger partial charge on any atom is -0.346 e. The summed E-state index contributed by atoms with van der Waals surface area (Å²) >= 11 is 6.29. The van der Waals surface area contributed by atoms with Crippen LogP contribution in [0.3, 0.4) is 0 Å². The highest BCUT2D eigenvalue weighted by molar-refractivity contribution is 6.32. The molecule has 1 saturated carbocycles. The van der Waals surface area contributed by atoms with Crippen LogP contribution in [0.25, 0.3) is 5.69 Å². The number of nitrogens with two attached hydrogens (primary N) is 1. The predicted octanol–water partition coefficient (Wildman–Crippen LogP) is 2.73. The van der Waals surface area contributed by atoms with Gasteiger partial charge in [0.1, 0.15) is 5.82 Å². The van der Waals surface area contributed by atoms with Gasteiger partial charge in [0.15, 0.2) is 0 Å². The molecule has 25 heavy (non-hydrogen) atoms. The van der Waals surface area contributed by atoms with Gasteiger partial charge in [0, 0.05) is 12.5 Å². The van der Waals surface area contributed by atoms with Gasteiger partial charge in [-0.05, 0) is 43.9 Å². The zero-order valence-corrected chi connectivity index (χ0v) is 15.2. The molecule has 1 amide bonds. The molecular weight excluding hydrogens is 338 g/mol. The first kappa shape index (κ1) is 17.9. The van der Waals surface area contributed by atoms with Crippen molar-refractivity contribution in [3.63, 3.8) is 0 Å². The number of nitrogens with one attached hydrogen (secondary N) is 1. The number of rotatable bonds is 6. The van der Waals surface area contributed by atoms with Crippen molar-refractivity contribution in [2.75, 3.05) is 6.54 Å². The Bertz CT molecular complexity index is 745. The standard InChI is InChI=1S/C18H24ClN5O/c1-2-6-16-22-17(18(25)21-14-9-5-7-12(14)11-20)23-24(16)15-10-4-3-8-13(15)19/h3-4,8,10,12,14H,2,5-7,9,11,20H2,1H3,(H,21,25). The van der Waals surface area contributed by atoms with Crippen molar-refractivity contribution >= 4 is 17.5 Å². The predicted molar refractivity (Wildman–Crippen MR) is 98.0 cm³/mol. The minimum atomic E-state index is -0.242. The normalized spacial score (nSPS) is 20.0. The molecular formula is C18H24ClN5O. The van der Waals surface area contributed by atoms with E-state index in [1.54, 1.807) is 10.7 Å². The van der Waals surface area contributed by atoms with E-state index in [1.165, 1.54) is 0 Å². The third-order valence-electron chi connectivity index (χ3n) is 4.71. The Morgan fingerprint density at radius 1 is 1.40 bits per heavy atom. The lowest BCUT2D eigenvalue weighted by Gasteiger charge is -2.18. The first-order valence-corrected chi connectivity index (χ1v) is 9.23. The number of nitrogens with zero attached hydrogens (tertiary/aromatic N) is 3. The van der Waals surface area contributed by atoms with Crippen molar-refractivity contribution in [1.29, 1.82) is 0 Å². The molecule has 1 aromatic heterocycles. The first-order chi connectivity index (χ1) is 12.1. The molecule has 1 aromatic carbocycles. The molecule has 1 fully saturated rings. The number of carbonyl (C=O) groups excluding carboxylic acids is 1. The molecule has 0 saturated heterocycles. The van der Waals surface area contributed by atoms with Crippen LogP contribution in [0.1, 0.15) is 49.1 Å². The lowest BCUT2D eigenvalue weighted by atomic mass is 10.0. The van der Waals surface area contributed by atoms with Gasteiger partial charge in [0.25, 0.3) is 5.91 Å². The number of hydrogen-bond acceptors (Lipinski definition) is 4. The van der Waals surface area contributed by atoms with E-state index in [4.69, 9.17) is 17.3 Å². The van der Waals surface area contributed by atoms with Crippen LogP contribution in [0.15, 0.2) is 24.3 Å². The van der Waals surface area contributed by atoms with E-state index < -0.39 is 0 Å². The highest BCUT2D eigenvalue weighted by Crippen LogP contribution is 2.25. The van der Waals surface area contributed by atoms with Crippen molar-refractivity contribution in [2.45, 2.75) is 45.1 Å². The average molecular weight is 362 g/mol. The van der Waals surface area contributed by atoms with E-state index in [1.807, 2.05) is 18.2 Å². The van der Waals surface area contributed by atoms with Gasteiger partial charge >= 0.3 is 0 Å². The van der Waals surface area contributed by atoms with Gasteiger partial charge in [0.2, 0.25) is 5.82 Å². The van der Waals surface area contributed by atoms with Gasteiger partial charge in [0.05, 0.1) is 10.7 Å². The number of amides is 1. The lowest BCUT2D eigenvalue weighted by molar-refractivity contribution is 0.0918. The SMILES string of the molecule is CCCc1nc(C(=O)NC2CCCC2CN)nn1-c1ccccc1Cl. The first-order valence-electron chi connectivity index (χ1n) is 8.85. The van der Waals surface area contributed by atoms with E-state index in [9.17, 15) is 4.79 Å². The molecule has 0 aliphatic heterocycles. The second kappa shape index (κ2) is 7.97. The fourth-order valence-electron chi connectivity index (χ4n) is 3.38. The van der Waals surface area contributed by atoms with E-state index in [-0.39, 0.29) is 17.8 Å². The second-order valence-electron chi connectivity index (χ2n) is 6.47. The lowest BCUT2D eigenvalue weighted by Crippen LogP contribution is -2.40. The fourth-order valence-corrected chi connectivity index (χ4v) is 3.60. The van der Waals surface area contributed by atoms with E-state index in [0.29, 0.717) is 17.5 Å². The van der Waals surface area contributed by atoms with E-state index in [0.717, 1.165) is 43.6 Å². The minimum absolute atomic E-state index is 0.111. The molecule has 6 nitrogen and oxygen atoms in total. The third kappa shape index (κ3) is 3.85. The van der Waals surface area contributed by atoms with E-state index in [2.05, 4.69) is 22.3 Å². The number of para-hydroxylation sites is 1. The van der Waals surface area contributed by atoms with Gasteiger partial charge in [-0.1, -0.05) is 37.1 Å². The van der Waals surface area contributed by atoms with Crippen LogP contribution in [0, 0.1) is 5.92 Å². The molecule has 0 bridgehead atoms. The molecule has 2 atom stereocenters. The van der Waals surface area contributed by atoms with Crippen LogP contribution < -0.4 is 11.1 Å². The summed E-state index contributed by atoms with van der Waals surface area (Å²) in [5.74, 6) is 1.02. The summed E-state index contributed by atoms with van der Waals surface area (Å²) in [6, 6.07) is 7.54. The topological polar surface area (TPSA) is 85.8 Å². The van der Waals surface area contributed by atoms with Gasteiger partial charge in [-0.3, -0.25) is 4.79 Å². The second-order valence-corrected chi connectivity index (χ2v) is 6.88. The van der Waals surface area contributed by atoms with Crippen molar-refractivity contribution in [1.82, 2.24) is 20.1 Å². The number of benzene rings is 1. The van der Waals surface area contributed by atoms with Crippen LogP contribution in [0.4, 0.5) is 0 Å². The molecule has 1 aliphatic rings. The molecule has 1 heterocycles. The Hall–Kier alpha value is -1.92. The highest BCUT2D eigenvalue weighted by Gasteiger charge is 2.29. The Balaban J connectivity index is 1.86. The number of halogens is 1. The monoisotopic (exact) mass is 361 g/mol. The molecule has 2 unspecified atom stereocenters. The van der Waals surface area contributed by atoms with Crippen molar-refractivity contribution in [3.8, 4) is 5.69 Å². The summed E-state index contributed by atoms with van der Waals surface area (Å²) in [4.78, 5) is 17.1. The Labute approximate surface area is 152 Å². The fraction of sp³-hybridized carbons (Fsp3) is 0.500. The van der Waals surface area contributed by atoms with Gasteiger partial charge in [-0.25, -0.2) is 9.67 Å². The van der Waals surface area contributed by atoms with Crippen LogP contribution in [0.2, 0.25) is 5.02 Å². The summed E-state index contributed by atoms with van der Waals surface area (Å²) in [5.41, 5.74) is 6.53. The Kier molecular flexibility index (Phi) is 5.71. The van der Waals surface area contributed by atoms with Crippen LogP contribution in [-0.2, 0) is 6.42 Å². The summed E-state index contributed by atoms with van der Waals surface area (Å²) < 4.78 is 1.68. The Morgan fingerprint density at radius 3 is 2.92 bits per heavy atom. The molecule has 0 spiro atoms. The molecule has 1 aliphatic carbocycles. The van der Waals surface area contributed by atoms with Crippen LogP contribution in [0.5, 0.6) is 0 Å². The van der Waals surface area contributed by atoms with Gasteiger partial charge < -0.3 is 11.1 Å². The quantitative estimate of drug-likeness (QED) is 0.828. The zero-order valence-electron chi connectivity index (χ0n) is 14.4. The van der Waals surface area contributed by atoms with Crippen molar-refractivity contribution < 1.29 is 4.79 Å². The largest absolute Gasteiger partial charge is 0.346 e. The Morgan fingerprint density at radius 2 is 2.20 bits per heavy atom. The smallest absolute Gasteiger partial charge is 0.291 e.